The Balaban J connectivity index is 1.53. The van der Waals surface area contributed by atoms with Crippen molar-refractivity contribution in [2.24, 2.45) is 10.7 Å². The average molecular weight is 404 g/mol. The van der Waals surface area contributed by atoms with Gasteiger partial charge in [0, 0.05) is 13.5 Å². The van der Waals surface area contributed by atoms with E-state index in [1.54, 1.807) is 13.2 Å². The Kier molecular flexibility index (Phi) is 4.82. The van der Waals surface area contributed by atoms with E-state index in [2.05, 4.69) is 25.3 Å². The highest BCUT2D eigenvalue weighted by atomic mass is 16.2. The number of hydrogen-bond donors (Lipinski definition) is 1. The molecule has 1 aromatic carbocycles. The van der Waals surface area contributed by atoms with E-state index in [9.17, 15) is 9.59 Å². The van der Waals surface area contributed by atoms with Crippen LogP contribution in [0.3, 0.4) is 0 Å². The number of nitrogens with two attached hydrogens (primary N) is 1. The number of amides is 1. The summed E-state index contributed by atoms with van der Waals surface area (Å²) in [7, 11) is 1.60. The molecule has 1 aliphatic heterocycles. The lowest BCUT2D eigenvalue weighted by Gasteiger charge is -2.33. The minimum Gasteiger partial charge on any atom is -0.369 e. The molecule has 0 saturated heterocycles. The normalized spacial score (nSPS) is 18.9. The van der Waals surface area contributed by atoms with Crippen LogP contribution >= 0.6 is 0 Å². The first-order chi connectivity index (χ1) is 14.4. The van der Waals surface area contributed by atoms with Crippen molar-refractivity contribution in [3.63, 3.8) is 0 Å². The van der Waals surface area contributed by atoms with Gasteiger partial charge in [-0.2, -0.15) is 0 Å². The molecule has 3 heterocycles. The molecule has 2 N–H and O–H groups in total. The molecule has 0 spiro atoms. The third-order valence-electron chi connectivity index (χ3n) is 5.07. The number of benzene rings is 1. The number of hydrogen-bond acceptors (Lipinski definition) is 8. The van der Waals surface area contributed by atoms with Crippen LogP contribution in [-0.2, 0) is 16.8 Å². The summed E-state index contributed by atoms with van der Waals surface area (Å²) in [5.74, 6) is 0.381. The summed E-state index contributed by atoms with van der Waals surface area (Å²) < 4.78 is 1.46. The van der Waals surface area contributed by atoms with Gasteiger partial charge >= 0.3 is 0 Å². The lowest BCUT2D eigenvalue weighted by molar-refractivity contribution is -0.128. The highest BCUT2D eigenvalue weighted by Gasteiger charge is 2.36. The predicted molar refractivity (Wildman–Crippen MR) is 108 cm³/mol. The molecule has 1 unspecified atom stereocenters. The molecule has 0 radical (unpaired) electrons. The molecule has 3 aromatic rings. The number of nitrogens with zero attached hydrogens (tertiary/aromatic N) is 7. The summed E-state index contributed by atoms with van der Waals surface area (Å²) in [6, 6.07) is 7.46. The fourth-order valence-electron chi connectivity index (χ4n) is 3.28. The summed E-state index contributed by atoms with van der Waals surface area (Å²) >= 11 is 0. The Morgan fingerprint density at radius 1 is 1.27 bits per heavy atom. The average Bonchev–Trinajstić information content (AvgIpc) is 3.27. The zero-order valence-electron chi connectivity index (χ0n) is 16.6. The number of aromatic nitrogens is 5. The Labute approximate surface area is 172 Å². The first-order valence-corrected chi connectivity index (χ1v) is 9.29. The molecule has 0 aliphatic carbocycles. The van der Waals surface area contributed by atoms with Crippen LogP contribution in [0.25, 0.3) is 5.82 Å². The van der Waals surface area contributed by atoms with Gasteiger partial charge in [-0.05, 0) is 18.1 Å². The number of ketones is 1. The van der Waals surface area contributed by atoms with Gasteiger partial charge in [0.05, 0.1) is 36.7 Å². The van der Waals surface area contributed by atoms with E-state index in [0.29, 0.717) is 5.82 Å². The van der Waals surface area contributed by atoms with E-state index in [0.717, 1.165) is 11.1 Å². The second-order valence-corrected chi connectivity index (χ2v) is 7.28. The molecular formula is C20H20N8O2. The highest BCUT2D eigenvalue weighted by molar-refractivity contribution is 5.99. The second kappa shape index (κ2) is 7.47. The van der Waals surface area contributed by atoms with Crippen molar-refractivity contribution in [1.29, 1.82) is 0 Å². The van der Waals surface area contributed by atoms with E-state index in [1.165, 1.54) is 28.2 Å². The molecule has 4 rings (SSSR count). The van der Waals surface area contributed by atoms with Crippen LogP contribution in [-0.4, -0.2) is 54.6 Å². The minimum atomic E-state index is -0.772. The van der Waals surface area contributed by atoms with E-state index in [-0.39, 0.29) is 36.2 Å². The highest BCUT2D eigenvalue weighted by Crippen LogP contribution is 2.33. The topological polar surface area (TPSA) is 132 Å². The molecule has 30 heavy (non-hydrogen) atoms. The summed E-state index contributed by atoms with van der Waals surface area (Å²) in [5, 5.41) is 7.55. The lowest BCUT2D eigenvalue weighted by Crippen LogP contribution is -2.47. The SMILES string of the molecule is CN1C(=O)CC(C)(c2cccc(CC(=O)c3cnc(-n4ccnn4)cn3)c2)N=C1N. The summed E-state index contributed by atoms with van der Waals surface area (Å²) in [5.41, 5.74) is 7.00. The molecule has 0 bridgehead atoms. The maximum Gasteiger partial charge on any atom is 0.231 e. The van der Waals surface area contributed by atoms with Gasteiger partial charge in [0.25, 0.3) is 0 Å². The molecule has 1 amide bonds. The van der Waals surface area contributed by atoms with Crippen molar-refractivity contribution in [3.05, 3.63) is 65.9 Å². The van der Waals surface area contributed by atoms with Crippen LogP contribution in [0.2, 0.25) is 0 Å². The van der Waals surface area contributed by atoms with Gasteiger partial charge in [-0.25, -0.2) is 19.6 Å². The minimum absolute atomic E-state index is 0.103. The number of carbonyl (C=O) groups is 2. The van der Waals surface area contributed by atoms with Crippen molar-refractivity contribution >= 4 is 17.6 Å². The first kappa shape index (κ1) is 19.4. The van der Waals surface area contributed by atoms with E-state index >= 15 is 0 Å². The smallest absolute Gasteiger partial charge is 0.231 e. The van der Waals surface area contributed by atoms with Gasteiger partial charge in [-0.1, -0.05) is 29.5 Å². The molecule has 10 nitrogen and oxygen atoms in total. The van der Waals surface area contributed by atoms with Gasteiger partial charge < -0.3 is 5.73 Å². The van der Waals surface area contributed by atoms with Crippen molar-refractivity contribution < 1.29 is 9.59 Å². The molecular weight excluding hydrogens is 384 g/mol. The fourth-order valence-corrected chi connectivity index (χ4v) is 3.28. The maximum absolute atomic E-state index is 12.7. The summed E-state index contributed by atoms with van der Waals surface area (Å²) in [6.07, 6.45) is 6.42. The first-order valence-electron chi connectivity index (χ1n) is 9.29. The maximum atomic E-state index is 12.7. The van der Waals surface area contributed by atoms with Crippen LogP contribution in [0.15, 0.2) is 54.0 Å². The van der Waals surface area contributed by atoms with E-state index < -0.39 is 5.54 Å². The molecule has 10 heteroatoms. The summed E-state index contributed by atoms with van der Waals surface area (Å²) in [6.45, 7) is 1.86. The van der Waals surface area contributed by atoms with Gasteiger partial charge in [0.2, 0.25) is 5.91 Å². The molecule has 0 saturated carbocycles. The van der Waals surface area contributed by atoms with Gasteiger partial charge in [0.1, 0.15) is 5.69 Å². The van der Waals surface area contributed by atoms with Crippen molar-refractivity contribution in [3.8, 4) is 5.82 Å². The standard InChI is InChI=1S/C20H20N8O2/c1-20(10-18(30)27(2)19(21)25-20)14-5-3-4-13(8-14)9-16(29)15-11-23-17(12-22-15)28-7-6-24-26-28/h3-8,11-12H,9-10H2,1-2H3,(H2,21,25). The van der Waals surface area contributed by atoms with Gasteiger partial charge in [-0.15, -0.1) is 5.10 Å². The Hall–Kier alpha value is -3.95. The van der Waals surface area contributed by atoms with Crippen LogP contribution in [0, 0.1) is 0 Å². The third kappa shape index (κ3) is 3.66. The Morgan fingerprint density at radius 3 is 2.77 bits per heavy atom. The van der Waals surface area contributed by atoms with Crippen LogP contribution < -0.4 is 5.73 Å². The van der Waals surface area contributed by atoms with Crippen LogP contribution in [0.1, 0.15) is 35.0 Å². The molecule has 1 atom stereocenters. The van der Waals surface area contributed by atoms with Gasteiger partial charge in [0.15, 0.2) is 17.6 Å². The van der Waals surface area contributed by atoms with E-state index in [4.69, 9.17) is 5.73 Å². The van der Waals surface area contributed by atoms with Crippen LogP contribution in [0.5, 0.6) is 0 Å². The number of carbonyl (C=O) groups excluding carboxylic acids is 2. The molecule has 1 aliphatic rings. The number of rotatable bonds is 5. The zero-order valence-corrected chi connectivity index (χ0v) is 16.6. The number of aliphatic imine (C=N–C) groups is 1. The zero-order chi connectivity index (χ0) is 21.3. The third-order valence-corrected chi connectivity index (χ3v) is 5.07. The molecule has 2 aromatic heterocycles. The number of guanidine groups is 1. The largest absolute Gasteiger partial charge is 0.369 e. The second-order valence-electron chi connectivity index (χ2n) is 7.28. The van der Waals surface area contributed by atoms with Crippen molar-refractivity contribution in [2.75, 3.05) is 7.05 Å². The van der Waals surface area contributed by atoms with Gasteiger partial charge in [-0.3, -0.25) is 14.5 Å². The molecule has 0 fully saturated rings. The fraction of sp³-hybridized carbons (Fsp3) is 0.250. The number of Topliss-reactive ketones (excluding diaryl/α,β-unsaturated/α-hetero) is 1. The van der Waals surface area contributed by atoms with E-state index in [1.807, 2.05) is 31.2 Å². The summed E-state index contributed by atoms with van der Waals surface area (Å²) in [4.78, 5) is 39.2. The predicted octanol–water partition coefficient (Wildman–Crippen LogP) is 0.875. The monoisotopic (exact) mass is 404 g/mol. The Morgan fingerprint density at radius 2 is 2.10 bits per heavy atom. The van der Waals surface area contributed by atoms with Crippen LogP contribution in [0.4, 0.5) is 0 Å². The van der Waals surface area contributed by atoms with Crippen molar-refractivity contribution in [2.45, 2.75) is 25.3 Å². The van der Waals surface area contributed by atoms with Crippen molar-refractivity contribution in [1.82, 2.24) is 29.9 Å². The quantitative estimate of drug-likeness (QED) is 0.624. The lowest BCUT2D eigenvalue weighted by atomic mass is 9.86. The Bertz CT molecular complexity index is 1120. The molecule has 152 valence electrons.